The number of rotatable bonds is 4. The van der Waals surface area contributed by atoms with Crippen LogP contribution in [0, 0.1) is 0 Å². The Hall–Kier alpha value is -1.41. The number of alkyl halides is 3. The lowest BCUT2D eigenvalue weighted by molar-refractivity contribution is -0.141. The summed E-state index contributed by atoms with van der Waals surface area (Å²) in [5, 5.41) is 5.96. The van der Waals surface area contributed by atoms with Crippen LogP contribution in [-0.4, -0.2) is 29.9 Å². The summed E-state index contributed by atoms with van der Waals surface area (Å²) in [5.41, 5.74) is -0.556. The van der Waals surface area contributed by atoms with E-state index in [4.69, 9.17) is 17.0 Å². The van der Waals surface area contributed by atoms with E-state index < -0.39 is 11.9 Å². The fourth-order valence-electron chi connectivity index (χ4n) is 1.32. The fourth-order valence-corrected chi connectivity index (χ4v) is 1.64. The Balaban J connectivity index is 2.56. The molecule has 1 atom stereocenters. The Kier molecular flexibility index (Phi) is 5.49. The highest BCUT2D eigenvalue weighted by Gasteiger charge is 2.32. The molecule has 0 bridgehead atoms. The van der Waals surface area contributed by atoms with Gasteiger partial charge in [-0.15, -0.1) is 0 Å². The van der Waals surface area contributed by atoms with Gasteiger partial charge in [0.2, 0.25) is 0 Å². The lowest BCUT2D eigenvalue weighted by atomic mass is 10.3. The Morgan fingerprint density at radius 3 is 2.63 bits per heavy atom. The van der Waals surface area contributed by atoms with Crippen molar-refractivity contribution in [2.75, 3.05) is 19.0 Å². The smallest absolute Gasteiger partial charge is 0.383 e. The summed E-state index contributed by atoms with van der Waals surface area (Å²) in [6, 6.07) is 2.15. The average molecular weight is 293 g/mol. The maximum absolute atomic E-state index is 12.3. The minimum atomic E-state index is -4.44. The Morgan fingerprint density at radius 2 is 2.16 bits per heavy atom. The van der Waals surface area contributed by atoms with E-state index >= 15 is 0 Å². The summed E-state index contributed by atoms with van der Waals surface area (Å²) in [6.07, 6.45) is -3.36. The number of nitrogens with zero attached hydrogens (tertiary/aromatic N) is 1. The van der Waals surface area contributed by atoms with Gasteiger partial charge in [0.25, 0.3) is 0 Å². The van der Waals surface area contributed by atoms with Gasteiger partial charge in [-0.2, -0.15) is 13.2 Å². The molecule has 1 heterocycles. The van der Waals surface area contributed by atoms with E-state index in [0.717, 1.165) is 12.3 Å². The summed E-state index contributed by atoms with van der Waals surface area (Å²) >= 11 is 5.00. The van der Waals surface area contributed by atoms with Crippen LogP contribution in [-0.2, 0) is 10.9 Å². The maximum atomic E-state index is 12.3. The van der Waals surface area contributed by atoms with E-state index in [9.17, 15) is 13.2 Å². The first-order valence-electron chi connectivity index (χ1n) is 5.42. The summed E-state index contributed by atoms with van der Waals surface area (Å²) in [6.45, 7) is 2.33. The number of methoxy groups -OCH3 is 1. The van der Waals surface area contributed by atoms with Crippen LogP contribution in [0.5, 0.6) is 0 Å². The van der Waals surface area contributed by atoms with Crippen molar-refractivity contribution in [1.82, 2.24) is 10.3 Å². The van der Waals surface area contributed by atoms with E-state index in [1.54, 1.807) is 7.11 Å². The Bertz CT molecular complexity index is 422. The molecule has 1 aromatic heterocycles. The van der Waals surface area contributed by atoms with Gasteiger partial charge >= 0.3 is 6.18 Å². The maximum Gasteiger partial charge on any atom is 0.433 e. The molecule has 1 rings (SSSR count). The van der Waals surface area contributed by atoms with Crippen molar-refractivity contribution in [2.24, 2.45) is 0 Å². The molecule has 0 aliphatic carbocycles. The van der Waals surface area contributed by atoms with Crippen LogP contribution in [0.4, 0.5) is 18.9 Å². The van der Waals surface area contributed by atoms with Crippen molar-refractivity contribution in [3.63, 3.8) is 0 Å². The van der Waals surface area contributed by atoms with Crippen molar-refractivity contribution in [3.05, 3.63) is 24.0 Å². The summed E-state index contributed by atoms with van der Waals surface area (Å²) < 4.78 is 41.8. The molecule has 106 valence electrons. The lowest BCUT2D eigenvalue weighted by Gasteiger charge is -2.16. The van der Waals surface area contributed by atoms with Gasteiger partial charge in [0.05, 0.1) is 18.5 Å². The SMILES string of the molecule is COCC(C)NC(=S)Nc1ccc(C(F)(F)F)nc1. The number of aromatic nitrogens is 1. The Morgan fingerprint density at radius 1 is 1.47 bits per heavy atom. The molecule has 4 nitrogen and oxygen atoms in total. The summed E-state index contributed by atoms with van der Waals surface area (Å²) in [4.78, 5) is 3.32. The molecule has 0 saturated carbocycles. The van der Waals surface area contributed by atoms with Crippen molar-refractivity contribution >= 4 is 23.0 Å². The van der Waals surface area contributed by atoms with Crippen LogP contribution in [0.25, 0.3) is 0 Å². The Labute approximate surface area is 114 Å². The van der Waals surface area contributed by atoms with Crippen LogP contribution in [0.2, 0.25) is 0 Å². The van der Waals surface area contributed by atoms with Gasteiger partial charge in [-0.3, -0.25) is 0 Å². The highest BCUT2D eigenvalue weighted by molar-refractivity contribution is 7.80. The first-order valence-corrected chi connectivity index (χ1v) is 5.83. The molecule has 0 aromatic carbocycles. The molecule has 1 aromatic rings. The van der Waals surface area contributed by atoms with E-state index in [2.05, 4.69) is 15.6 Å². The molecule has 0 saturated heterocycles. The molecule has 0 fully saturated rings. The first-order chi connectivity index (χ1) is 8.82. The highest BCUT2D eigenvalue weighted by atomic mass is 32.1. The number of pyridine rings is 1. The van der Waals surface area contributed by atoms with Crippen LogP contribution in [0.15, 0.2) is 18.3 Å². The van der Waals surface area contributed by atoms with Crippen LogP contribution >= 0.6 is 12.2 Å². The minimum absolute atomic E-state index is 0.00703. The van der Waals surface area contributed by atoms with Gasteiger partial charge in [-0.05, 0) is 31.3 Å². The second-order valence-corrected chi connectivity index (χ2v) is 4.29. The molecule has 0 aliphatic rings. The number of thiocarbonyl (C=S) groups is 1. The topological polar surface area (TPSA) is 46.2 Å². The summed E-state index contributed by atoms with van der Waals surface area (Å²) in [5.74, 6) is 0. The number of halogens is 3. The van der Waals surface area contributed by atoms with E-state index in [-0.39, 0.29) is 6.04 Å². The molecule has 2 N–H and O–H groups in total. The highest BCUT2D eigenvalue weighted by Crippen LogP contribution is 2.27. The normalized spacial score (nSPS) is 12.9. The number of hydrogen-bond acceptors (Lipinski definition) is 3. The molecule has 8 heteroatoms. The third kappa shape index (κ3) is 5.39. The van der Waals surface area contributed by atoms with Crippen molar-refractivity contribution in [2.45, 2.75) is 19.1 Å². The second kappa shape index (κ2) is 6.67. The number of ether oxygens (including phenoxy) is 1. The average Bonchev–Trinajstić information content (AvgIpc) is 2.28. The van der Waals surface area contributed by atoms with Gasteiger partial charge in [0, 0.05) is 13.2 Å². The molecule has 0 spiro atoms. The second-order valence-electron chi connectivity index (χ2n) is 3.88. The molecule has 19 heavy (non-hydrogen) atoms. The van der Waals surface area contributed by atoms with Crippen LogP contribution in [0.3, 0.4) is 0 Å². The molecule has 0 aliphatic heterocycles. The van der Waals surface area contributed by atoms with Crippen molar-refractivity contribution < 1.29 is 17.9 Å². The van der Waals surface area contributed by atoms with Gasteiger partial charge in [-0.1, -0.05) is 0 Å². The monoisotopic (exact) mass is 293 g/mol. The molecule has 0 radical (unpaired) electrons. The number of nitrogens with one attached hydrogen (secondary N) is 2. The zero-order valence-corrected chi connectivity index (χ0v) is 11.2. The number of hydrogen-bond donors (Lipinski definition) is 2. The molecular formula is C11H14F3N3OS. The van der Waals surface area contributed by atoms with Crippen molar-refractivity contribution in [3.8, 4) is 0 Å². The van der Waals surface area contributed by atoms with E-state index in [1.165, 1.54) is 6.07 Å². The standard InChI is InChI=1S/C11H14F3N3OS/c1-7(6-18-2)16-10(19)17-8-3-4-9(15-5-8)11(12,13)14/h3-5,7H,6H2,1-2H3,(H2,16,17,19). The van der Waals surface area contributed by atoms with Gasteiger partial charge in [0.1, 0.15) is 5.69 Å². The van der Waals surface area contributed by atoms with Crippen LogP contribution in [0.1, 0.15) is 12.6 Å². The quantitative estimate of drug-likeness (QED) is 0.835. The predicted molar refractivity (Wildman–Crippen MR) is 69.9 cm³/mol. The molecule has 0 amide bonds. The zero-order valence-electron chi connectivity index (χ0n) is 10.4. The van der Waals surface area contributed by atoms with E-state index in [0.29, 0.717) is 17.4 Å². The fraction of sp³-hybridized carbons (Fsp3) is 0.455. The largest absolute Gasteiger partial charge is 0.433 e. The molecular weight excluding hydrogens is 279 g/mol. The summed E-state index contributed by atoms with van der Waals surface area (Å²) in [7, 11) is 1.56. The van der Waals surface area contributed by atoms with Crippen molar-refractivity contribution in [1.29, 1.82) is 0 Å². The zero-order chi connectivity index (χ0) is 14.5. The van der Waals surface area contributed by atoms with E-state index in [1.807, 2.05) is 6.92 Å². The third-order valence-electron chi connectivity index (χ3n) is 2.11. The first kappa shape index (κ1) is 15.6. The third-order valence-corrected chi connectivity index (χ3v) is 2.33. The number of anilines is 1. The van der Waals surface area contributed by atoms with Gasteiger partial charge < -0.3 is 15.4 Å². The predicted octanol–water partition coefficient (Wildman–Crippen LogP) is 2.42. The lowest BCUT2D eigenvalue weighted by Crippen LogP contribution is -2.38. The molecule has 1 unspecified atom stereocenters. The van der Waals surface area contributed by atoms with Gasteiger partial charge in [0.15, 0.2) is 5.11 Å². The van der Waals surface area contributed by atoms with Gasteiger partial charge in [-0.25, -0.2) is 4.98 Å². The van der Waals surface area contributed by atoms with Crippen LogP contribution < -0.4 is 10.6 Å². The minimum Gasteiger partial charge on any atom is -0.383 e.